The second kappa shape index (κ2) is 13.2. The van der Waals surface area contributed by atoms with Crippen molar-refractivity contribution in [1.29, 1.82) is 0 Å². The molecular weight excluding hydrogens is 468 g/mol. The van der Waals surface area contributed by atoms with E-state index in [0.717, 1.165) is 31.5 Å². The molecule has 0 saturated carbocycles. The Kier molecular flexibility index (Phi) is 10.1. The number of methoxy groups -OCH3 is 3. The second-order valence-corrected chi connectivity index (χ2v) is 8.98. The molecule has 2 heterocycles. The Balaban J connectivity index is 1.76. The SMILES string of the molecule is COCC(=O)N1CCN(C(=O)C2CCNCC2)CC1C(=O)NC(Cc1ccc(OC)cc1)C(=O)OC. The summed E-state index contributed by atoms with van der Waals surface area (Å²) in [5.41, 5.74) is 0.796. The van der Waals surface area contributed by atoms with Crippen molar-refractivity contribution in [2.75, 3.05) is 60.7 Å². The summed E-state index contributed by atoms with van der Waals surface area (Å²) >= 11 is 0. The standard InChI is InChI=1S/C25H36N4O7/c1-34-16-22(30)29-13-12-28(24(32)18-8-10-26-11-9-18)15-21(29)23(31)27-20(25(33)36-3)14-17-4-6-19(35-2)7-5-17/h4-7,18,20-21,26H,8-16H2,1-3H3,(H,27,31). The van der Waals surface area contributed by atoms with Crippen LogP contribution < -0.4 is 15.4 Å². The van der Waals surface area contributed by atoms with Gasteiger partial charge < -0.3 is 34.6 Å². The molecule has 0 spiro atoms. The Labute approximate surface area is 211 Å². The lowest BCUT2D eigenvalue weighted by Gasteiger charge is -2.42. The lowest BCUT2D eigenvalue weighted by molar-refractivity contribution is -0.153. The highest BCUT2D eigenvalue weighted by Crippen LogP contribution is 2.20. The average Bonchev–Trinajstić information content (AvgIpc) is 2.92. The van der Waals surface area contributed by atoms with Gasteiger partial charge in [-0.3, -0.25) is 14.4 Å². The summed E-state index contributed by atoms with van der Waals surface area (Å²) in [5, 5.41) is 6.00. The van der Waals surface area contributed by atoms with Gasteiger partial charge in [-0.05, 0) is 43.6 Å². The molecule has 2 N–H and O–H groups in total. The van der Waals surface area contributed by atoms with Gasteiger partial charge in [-0.2, -0.15) is 0 Å². The fourth-order valence-electron chi connectivity index (χ4n) is 4.64. The zero-order valence-electron chi connectivity index (χ0n) is 21.2. The highest BCUT2D eigenvalue weighted by molar-refractivity contribution is 5.92. The van der Waals surface area contributed by atoms with Gasteiger partial charge in [0, 0.05) is 32.5 Å². The largest absolute Gasteiger partial charge is 0.497 e. The van der Waals surface area contributed by atoms with Crippen LogP contribution in [0, 0.1) is 5.92 Å². The van der Waals surface area contributed by atoms with Gasteiger partial charge >= 0.3 is 5.97 Å². The maximum Gasteiger partial charge on any atom is 0.328 e. The Morgan fingerprint density at radius 3 is 2.36 bits per heavy atom. The van der Waals surface area contributed by atoms with Crippen LogP contribution in [0.25, 0.3) is 0 Å². The van der Waals surface area contributed by atoms with Crippen LogP contribution in [0.1, 0.15) is 18.4 Å². The number of hydrogen-bond donors (Lipinski definition) is 2. The molecule has 3 amide bonds. The zero-order chi connectivity index (χ0) is 26.1. The number of amides is 3. The molecule has 1 aromatic rings. The summed E-state index contributed by atoms with van der Waals surface area (Å²) in [6.07, 6.45) is 1.68. The summed E-state index contributed by atoms with van der Waals surface area (Å²) in [6.45, 7) is 1.98. The van der Waals surface area contributed by atoms with Crippen LogP contribution in [0.2, 0.25) is 0 Å². The van der Waals surface area contributed by atoms with Crippen molar-refractivity contribution in [3.63, 3.8) is 0 Å². The molecule has 11 heteroatoms. The van der Waals surface area contributed by atoms with E-state index in [1.807, 2.05) is 0 Å². The summed E-state index contributed by atoms with van der Waals surface area (Å²) in [7, 11) is 4.22. The third-order valence-electron chi connectivity index (χ3n) is 6.67. The van der Waals surface area contributed by atoms with Crippen molar-refractivity contribution in [1.82, 2.24) is 20.4 Å². The first kappa shape index (κ1) is 27.4. The summed E-state index contributed by atoms with van der Waals surface area (Å²) in [5.74, 6) is -0.912. The van der Waals surface area contributed by atoms with Gasteiger partial charge in [-0.1, -0.05) is 12.1 Å². The maximum absolute atomic E-state index is 13.5. The van der Waals surface area contributed by atoms with Crippen molar-refractivity contribution >= 4 is 23.7 Å². The number of hydrogen-bond acceptors (Lipinski definition) is 8. The van der Waals surface area contributed by atoms with E-state index < -0.39 is 24.0 Å². The fourth-order valence-corrected chi connectivity index (χ4v) is 4.64. The predicted molar refractivity (Wildman–Crippen MR) is 130 cm³/mol. The lowest BCUT2D eigenvalue weighted by Crippen LogP contribution is -2.64. The van der Waals surface area contributed by atoms with E-state index in [9.17, 15) is 19.2 Å². The topological polar surface area (TPSA) is 127 Å². The Morgan fingerprint density at radius 2 is 1.75 bits per heavy atom. The van der Waals surface area contributed by atoms with Crippen LogP contribution in [-0.4, -0.2) is 106 Å². The van der Waals surface area contributed by atoms with E-state index >= 15 is 0 Å². The first-order valence-corrected chi connectivity index (χ1v) is 12.2. The van der Waals surface area contributed by atoms with Gasteiger partial charge in [0.15, 0.2) is 0 Å². The van der Waals surface area contributed by atoms with Crippen LogP contribution in [0.3, 0.4) is 0 Å². The molecular formula is C25H36N4O7. The lowest BCUT2D eigenvalue weighted by atomic mass is 9.95. The Morgan fingerprint density at radius 1 is 1.06 bits per heavy atom. The molecule has 0 radical (unpaired) electrons. The zero-order valence-corrected chi connectivity index (χ0v) is 21.2. The van der Waals surface area contributed by atoms with Crippen molar-refractivity contribution in [2.24, 2.45) is 5.92 Å². The number of rotatable bonds is 9. The van der Waals surface area contributed by atoms with E-state index in [2.05, 4.69) is 10.6 Å². The van der Waals surface area contributed by atoms with E-state index in [1.54, 1.807) is 36.3 Å². The van der Waals surface area contributed by atoms with Gasteiger partial charge in [0.25, 0.3) is 0 Å². The predicted octanol–water partition coefficient (Wildman–Crippen LogP) is -0.419. The molecule has 2 fully saturated rings. The quantitative estimate of drug-likeness (QED) is 0.435. The molecule has 2 atom stereocenters. The van der Waals surface area contributed by atoms with Crippen LogP contribution >= 0.6 is 0 Å². The number of piperazine rings is 1. The minimum atomic E-state index is -0.967. The number of piperidine rings is 1. The summed E-state index contributed by atoms with van der Waals surface area (Å²) in [6, 6.07) is 5.22. The van der Waals surface area contributed by atoms with E-state index in [0.29, 0.717) is 12.3 Å². The molecule has 2 unspecified atom stereocenters. The molecule has 11 nitrogen and oxygen atoms in total. The number of esters is 1. The smallest absolute Gasteiger partial charge is 0.328 e. The minimum Gasteiger partial charge on any atom is -0.497 e. The number of benzene rings is 1. The fraction of sp³-hybridized carbons (Fsp3) is 0.600. The highest BCUT2D eigenvalue weighted by Gasteiger charge is 2.39. The molecule has 0 bridgehead atoms. The third-order valence-corrected chi connectivity index (χ3v) is 6.67. The monoisotopic (exact) mass is 504 g/mol. The molecule has 1 aromatic carbocycles. The second-order valence-electron chi connectivity index (χ2n) is 8.98. The van der Waals surface area contributed by atoms with E-state index in [-0.39, 0.29) is 43.8 Å². The van der Waals surface area contributed by atoms with Crippen molar-refractivity contribution in [2.45, 2.75) is 31.3 Å². The summed E-state index contributed by atoms with van der Waals surface area (Å²) in [4.78, 5) is 54.9. The first-order chi connectivity index (χ1) is 17.4. The van der Waals surface area contributed by atoms with Crippen LogP contribution in [0.15, 0.2) is 24.3 Å². The molecule has 0 aliphatic carbocycles. The molecule has 3 rings (SSSR count). The number of carbonyl (C=O) groups is 4. The molecule has 2 saturated heterocycles. The number of carbonyl (C=O) groups excluding carboxylic acids is 4. The van der Waals surface area contributed by atoms with Crippen molar-refractivity contribution in [3.05, 3.63) is 29.8 Å². The molecule has 36 heavy (non-hydrogen) atoms. The van der Waals surface area contributed by atoms with Gasteiger partial charge in [0.05, 0.1) is 20.8 Å². The third kappa shape index (κ3) is 6.94. The van der Waals surface area contributed by atoms with Crippen molar-refractivity contribution < 1.29 is 33.4 Å². The van der Waals surface area contributed by atoms with E-state index in [1.165, 1.54) is 19.1 Å². The highest BCUT2D eigenvalue weighted by atomic mass is 16.5. The van der Waals surface area contributed by atoms with Crippen molar-refractivity contribution in [3.8, 4) is 5.75 Å². The molecule has 2 aliphatic heterocycles. The summed E-state index contributed by atoms with van der Waals surface area (Å²) < 4.78 is 15.1. The van der Waals surface area contributed by atoms with Gasteiger partial charge in [-0.25, -0.2) is 4.79 Å². The molecule has 0 aromatic heterocycles. The number of nitrogens with one attached hydrogen (secondary N) is 2. The number of ether oxygens (including phenoxy) is 3. The molecule has 198 valence electrons. The maximum atomic E-state index is 13.5. The van der Waals surface area contributed by atoms with Gasteiger partial charge in [0.1, 0.15) is 24.4 Å². The Hall–Kier alpha value is -3.18. The minimum absolute atomic E-state index is 0.00380. The van der Waals surface area contributed by atoms with Crippen LogP contribution in [0.5, 0.6) is 5.75 Å². The Bertz CT molecular complexity index is 917. The normalized spacial score (nSPS) is 19.4. The van der Waals surface area contributed by atoms with Gasteiger partial charge in [0.2, 0.25) is 17.7 Å². The van der Waals surface area contributed by atoms with Crippen LogP contribution in [-0.2, 0) is 35.1 Å². The van der Waals surface area contributed by atoms with E-state index in [4.69, 9.17) is 14.2 Å². The average molecular weight is 505 g/mol. The van der Waals surface area contributed by atoms with Gasteiger partial charge in [-0.15, -0.1) is 0 Å². The molecule has 2 aliphatic rings. The first-order valence-electron chi connectivity index (χ1n) is 12.2. The number of nitrogens with zero attached hydrogens (tertiary/aromatic N) is 2. The van der Waals surface area contributed by atoms with Crippen LogP contribution in [0.4, 0.5) is 0 Å².